The van der Waals surface area contributed by atoms with Crippen molar-refractivity contribution in [3.05, 3.63) is 29.6 Å². The number of nitrogens with zero attached hydrogens (tertiary/aromatic N) is 1. The van der Waals surface area contributed by atoms with Gasteiger partial charge < -0.3 is 14.8 Å². The molecule has 0 fully saturated rings. The van der Waals surface area contributed by atoms with Crippen molar-refractivity contribution in [1.82, 2.24) is 10.3 Å². The highest BCUT2D eigenvalue weighted by Gasteiger charge is 2.17. The van der Waals surface area contributed by atoms with E-state index in [0.29, 0.717) is 0 Å². The topological polar surface area (TPSA) is 60.5 Å². The molecule has 5 nitrogen and oxygen atoms in total. The van der Waals surface area contributed by atoms with Gasteiger partial charge in [0, 0.05) is 20.4 Å². The van der Waals surface area contributed by atoms with Crippen molar-refractivity contribution in [1.29, 1.82) is 0 Å². The Kier molecular flexibility index (Phi) is 4.92. The van der Waals surface area contributed by atoms with Crippen LogP contribution in [0.25, 0.3) is 0 Å². The van der Waals surface area contributed by atoms with Crippen LogP contribution in [0.5, 0.6) is 0 Å². The Bertz CT molecular complexity index is 397. The van der Waals surface area contributed by atoms with Crippen molar-refractivity contribution in [3.8, 4) is 0 Å². The number of carbonyl (C=O) groups excluding carboxylic acids is 1. The van der Waals surface area contributed by atoms with Crippen LogP contribution in [0.4, 0.5) is 8.78 Å². The molecule has 1 heterocycles. The predicted octanol–water partition coefficient (Wildman–Crippen LogP) is 0.708. The maximum absolute atomic E-state index is 13.2. The molecule has 0 aliphatic carbocycles. The van der Waals surface area contributed by atoms with Gasteiger partial charge in [0.2, 0.25) is 5.95 Å². The standard InChI is InChI=1S/C10H12F2N2O3/c1-16-7(17-2)5-14-10(15)6-3-4-13-9(12)8(6)11/h3-4,7H,5H2,1-2H3,(H,14,15). The number of hydrogen-bond donors (Lipinski definition) is 1. The van der Waals surface area contributed by atoms with Crippen molar-refractivity contribution in [2.45, 2.75) is 6.29 Å². The van der Waals surface area contributed by atoms with Gasteiger partial charge in [-0.1, -0.05) is 0 Å². The van der Waals surface area contributed by atoms with E-state index >= 15 is 0 Å². The lowest BCUT2D eigenvalue weighted by Crippen LogP contribution is -2.34. The molecule has 0 radical (unpaired) electrons. The van der Waals surface area contributed by atoms with Crippen molar-refractivity contribution in [2.75, 3.05) is 20.8 Å². The molecule has 0 spiro atoms. The normalized spacial score (nSPS) is 10.6. The first-order valence-corrected chi connectivity index (χ1v) is 4.74. The molecule has 0 aliphatic heterocycles. The quantitative estimate of drug-likeness (QED) is 0.614. The van der Waals surface area contributed by atoms with Gasteiger partial charge in [0.05, 0.1) is 12.1 Å². The van der Waals surface area contributed by atoms with E-state index in [1.165, 1.54) is 14.2 Å². The summed E-state index contributed by atoms with van der Waals surface area (Å²) in [5.74, 6) is -3.35. The molecular formula is C10H12F2N2O3. The van der Waals surface area contributed by atoms with E-state index in [2.05, 4.69) is 10.3 Å². The molecule has 1 amide bonds. The smallest absolute Gasteiger partial charge is 0.254 e. The molecule has 0 atom stereocenters. The van der Waals surface area contributed by atoms with Gasteiger partial charge in [-0.15, -0.1) is 0 Å². The molecule has 0 aromatic carbocycles. The van der Waals surface area contributed by atoms with Crippen LogP contribution in [-0.4, -0.2) is 37.9 Å². The van der Waals surface area contributed by atoms with Gasteiger partial charge in [-0.05, 0) is 6.07 Å². The number of rotatable bonds is 5. The fraction of sp³-hybridized carbons (Fsp3) is 0.400. The van der Waals surface area contributed by atoms with E-state index in [4.69, 9.17) is 9.47 Å². The highest BCUT2D eigenvalue weighted by Crippen LogP contribution is 2.08. The van der Waals surface area contributed by atoms with Crippen LogP contribution >= 0.6 is 0 Å². The summed E-state index contributed by atoms with van der Waals surface area (Å²) in [6, 6.07) is 1.09. The van der Waals surface area contributed by atoms with Gasteiger partial charge in [-0.2, -0.15) is 4.39 Å². The average Bonchev–Trinajstić information content (AvgIpc) is 2.33. The molecule has 94 valence electrons. The van der Waals surface area contributed by atoms with E-state index in [9.17, 15) is 13.6 Å². The summed E-state index contributed by atoms with van der Waals surface area (Å²) in [6.07, 6.45) is 0.367. The van der Waals surface area contributed by atoms with Crippen LogP contribution in [0.2, 0.25) is 0 Å². The Morgan fingerprint density at radius 3 is 2.71 bits per heavy atom. The van der Waals surface area contributed by atoms with Crippen LogP contribution in [0.15, 0.2) is 12.3 Å². The zero-order valence-electron chi connectivity index (χ0n) is 9.37. The first-order valence-electron chi connectivity index (χ1n) is 4.74. The molecule has 1 N–H and O–H groups in total. The molecule has 0 aliphatic rings. The monoisotopic (exact) mass is 246 g/mol. The minimum Gasteiger partial charge on any atom is -0.354 e. The number of pyridine rings is 1. The third-order valence-corrected chi connectivity index (χ3v) is 2.05. The van der Waals surface area contributed by atoms with Crippen molar-refractivity contribution in [2.24, 2.45) is 0 Å². The second-order valence-corrected chi connectivity index (χ2v) is 3.07. The van der Waals surface area contributed by atoms with Crippen LogP contribution in [0.1, 0.15) is 10.4 Å². The Balaban J connectivity index is 2.67. The highest BCUT2D eigenvalue weighted by atomic mass is 19.2. The first kappa shape index (κ1) is 13.5. The SMILES string of the molecule is COC(CNC(=O)c1ccnc(F)c1F)OC. The summed E-state index contributed by atoms with van der Waals surface area (Å²) in [5.41, 5.74) is -0.413. The zero-order chi connectivity index (χ0) is 12.8. The largest absolute Gasteiger partial charge is 0.354 e. The minimum absolute atomic E-state index is 0.0230. The van der Waals surface area contributed by atoms with E-state index in [1.54, 1.807) is 0 Å². The summed E-state index contributed by atoms with van der Waals surface area (Å²) in [4.78, 5) is 14.6. The van der Waals surface area contributed by atoms with Gasteiger partial charge >= 0.3 is 0 Å². The summed E-state index contributed by atoms with van der Waals surface area (Å²) >= 11 is 0. The molecule has 1 aromatic heterocycles. The molecule has 0 saturated carbocycles. The Morgan fingerprint density at radius 1 is 1.47 bits per heavy atom. The Morgan fingerprint density at radius 2 is 2.12 bits per heavy atom. The summed E-state index contributed by atoms with van der Waals surface area (Å²) < 4.78 is 35.6. The summed E-state index contributed by atoms with van der Waals surface area (Å²) in [7, 11) is 2.79. The molecule has 1 rings (SSSR count). The van der Waals surface area contributed by atoms with Gasteiger partial charge in [0.25, 0.3) is 5.91 Å². The summed E-state index contributed by atoms with van der Waals surface area (Å²) in [5, 5.41) is 2.35. The third kappa shape index (κ3) is 3.43. The summed E-state index contributed by atoms with van der Waals surface area (Å²) in [6.45, 7) is 0.0230. The Labute approximate surface area is 96.7 Å². The number of amides is 1. The van der Waals surface area contributed by atoms with Crippen LogP contribution in [-0.2, 0) is 9.47 Å². The molecule has 17 heavy (non-hydrogen) atoms. The predicted molar refractivity (Wildman–Crippen MR) is 54.3 cm³/mol. The Hall–Kier alpha value is -1.60. The van der Waals surface area contributed by atoms with E-state index in [-0.39, 0.29) is 6.54 Å². The number of carbonyl (C=O) groups is 1. The third-order valence-electron chi connectivity index (χ3n) is 2.05. The zero-order valence-corrected chi connectivity index (χ0v) is 9.37. The van der Waals surface area contributed by atoms with Crippen molar-refractivity contribution in [3.63, 3.8) is 0 Å². The number of aromatic nitrogens is 1. The number of methoxy groups -OCH3 is 2. The lowest BCUT2D eigenvalue weighted by Gasteiger charge is -2.14. The molecule has 1 aromatic rings. The molecule has 0 saturated heterocycles. The fourth-order valence-electron chi connectivity index (χ4n) is 1.13. The number of nitrogens with one attached hydrogen (secondary N) is 1. The van der Waals surface area contributed by atoms with E-state index in [0.717, 1.165) is 12.3 Å². The number of hydrogen-bond acceptors (Lipinski definition) is 4. The van der Waals surface area contributed by atoms with Crippen LogP contribution < -0.4 is 5.32 Å². The number of halogens is 2. The van der Waals surface area contributed by atoms with E-state index in [1.807, 2.05) is 0 Å². The second kappa shape index (κ2) is 6.21. The minimum atomic E-state index is -1.31. The van der Waals surface area contributed by atoms with Gasteiger partial charge in [-0.3, -0.25) is 4.79 Å². The van der Waals surface area contributed by atoms with E-state index < -0.39 is 29.5 Å². The van der Waals surface area contributed by atoms with Crippen molar-refractivity contribution >= 4 is 5.91 Å². The molecule has 7 heteroatoms. The van der Waals surface area contributed by atoms with Crippen molar-refractivity contribution < 1.29 is 23.0 Å². The van der Waals surface area contributed by atoms with Gasteiger partial charge in [0.1, 0.15) is 0 Å². The molecule has 0 bridgehead atoms. The van der Waals surface area contributed by atoms with Gasteiger partial charge in [0.15, 0.2) is 12.1 Å². The second-order valence-electron chi connectivity index (χ2n) is 3.07. The maximum Gasteiger partial charge on any atom is 0.254 e. The highest BCUT2D eigenvalue weighted by molar-refractivity contribution is 5.94. The lowest BCUT2D eigenvalue weighted by atomic mass is 10.2. The van der Waals surface area contributed by atoms with Crippen LogP contribution in [0, 0.1) is 11.8 Å². The first-order chi connectivity index (χ1) is 8.10. The van der Waals surface area contributed by atoms with Crippen LogP contribution in [0.3, 0.4) is 0 Å². The average molecular weight is 246 g/mol. The molecular weight excluding hydrogens is 234 g/mol. The molecule has 0 unspecified atom stereocenters. The number of ether oxygens (including phenoxy) is 2. The lowest BCUT2D eigenvalue weighted by molar-refractivity contribution is -0.0974. The maximum atomic E-state index is 13.2. The fourth-order valence-corrected chi connectivity index (χ4v) is 1.13. The van der Waals surface area contributed by atoms with Gasteiger partial charge in [-0.25, -0.2) is 9.37 Å².